The van der Waals surface area contributed by atoms with E-state index in [1.807, 2.05) is 6.92 Å². The first-order valence-electron chi connectivity index (χ1n) is 9.72. The third-order valence-electron chi connectivity index (χ3n) is 4.55. The predicted molar refractivity (Wildman–Crippen MR) is 121 cm³/mol. The van der Waals surface area contributed by atoms with E-state index in [0.29, 0.717) is 32.9 Å². The van der Waals surface area contributed by atoms with Gasteiger partial charge in [-0.15, -0.1) is 0 Å². The summed E-state index contributed by atoms with van der Waals surface area (Å²) in [5, 5.41) is 4.21. The van der Waals surface area contributed by atoms with E-state index in [0.717, 1.165) is 12.8 Å². The zero-order valence-electron chi connectivity index (χ0n) is 17.0. The molecule has 2 amide bonds. The molecule has 5 nitrogen and oxygen atoms in total. The van der Waals surface area contributed by atoms with Crippen LogP contribution in [-0.4, -0.2) is 35.9 Å². The molecule has 2 aromatic carbocycles. The van der Waals surface area contributed by atoms with Crippen LogP contribution in [-0.2, 0) is 16.1 Å². The van der Waals surface area contributed by atoms with Gasteiger partial charge in [-0.2, -0.15) is 0 Å². The van der Waals surface area contributed by atoms with Crippen LogP contribution >= 0.6 is 34.8 Å². The fraction of sp³-hybridized carbons (Fsp3) is 0.364. The number of hydrogen-bond donors (Lipinski definition) is 1. The number of ether oxygens (including phenoxy) is 1. The van der Waals surface area contributed by atoms with Crippen LogP contribution in [0.4, 0.5) is 0 Å². The minimum absolute atomic E-state index is 0.0820. The largest absolute Gasteiger partial charge is 0.484 e. The summed E-state index contributed by atoms with van der Waals surface area (Å²) in [5.41, 5.74) is 0.574. The normalized spacial score (nSPS) is 11.6. The Bertz CT molecular complexity index is 856. The van der Waals surface area contributed by atoms with Gasteiger partial charge in [0.2, 0.25) is 5.91 Å². The Morgan fingerprint density at radius 2 is 1.77 bits per heavy atom. The maximum Gasteiger partial charge on any atom is 0.261 e. The second kappa shape index (κ2) is 12.0. The summed E-state index contributed by atoms with van der Waals surface area (Å²) in [6.07, 6.45) is 1.82. The maximum absolute atomic E-state index is 13.0. The minimum atomic E-state index is -0.732. The average molecular weight is 472 g/mol. The van der Waals surface area contributed by atoms with Gasteiger partial charge >= 0.3 is 0 Å². The Morgan fingerprint density at radius 1 is 1.10 bits per heavy atom. The van der Waals surface area contributed by atoms with Crippen molar-refractivity contribution >= 4 is 46.6 Å². The van der Waals surface area contributed by atoms with Crippen molar-refractivity contribution in [2.75, 3.05) is 13.2 Å². The van der Waals surface area contributed by atoms with Gasteiger partial charge < -0.3 is 15.0 Å². The molecule has 0 radical (unpaired) electrons. The number of unbranched alkanes of at least 4 members (excludes halogenated alkanes) is 1. The molecule has 0 aliphatic heterocycles. The zero-order chi connectivity index (χ0) is 22.1. The van der Waals surface area contributed by atoms with E-state index < -0.39 is 6.04 Å². The number of carbonyl (C=O) groups is 2. The van der Waals surface area contributed by atoms with E-state index in [4.69, 9.17) is 39.5 Å². The third-order valence-corrected chi connectivity index (χ3v) is 5.49. The van der Waals surface area contributed by atoms with Gasteiger partial charge in [-0.05, 0) is 43.7 Å². The summed E-state index contributed by atoms with van der Waals surface area (Å²) < 4.78 is 5.58. The molecule has 30 heavy (non-hydrogen) atoms. The van der Waals surface area contributed by atoms with Gasteiger partial charge in [-0.25, -0.2) is 0 Å². The Labute approximate surface area is 192 Å². The predicted octanol–water partition coefficient (Wildman–Crippen LogP) is 5.36. The first-order valence-corrected chi connectivity index (χ1v) is 10.8. The number of amides is 2. The number of carbonyl (C=O) groups excluding carboxylic acids is 2. The highest BCUT2D eigenvalue weighted by Crippen LogP contribution is 2.26. The smallest absolute Gasteiger partial charge is 0.261 e. The fourth-order valence-electron chi connectivity index (χ4n) is 2.76. The fourth-order valence-corrected chi connectivity index (χ4v) is 3.45. The molecule has 0 aliphatic rings. The molecular weight excluding hydrogens is 447 g/mol. The highest BCUT2D eigenvalue weighted by molar-refractivity contribution is 6.36. The van der Waals surface area contributed by atoms with Crippen molar-refractivity contribution in [3.8, 4) is 5.75 Å². The standard InChI is InChI=1S/C22H25Cl3N2O3/c1-3-4-11-26-22(29)15(2)27(13-18-19(24)9-6-10-20(18)25)21(28)14-30-17-8-5-7-16(23)12-17/h5-10,12,15H,3-4,11,13-14H2,1-2H3,(H,26,29)/t15-/m1/s1. The van der Waals surface area contributed by atoms with E-state index >= 15 is 0 Å². The summed E-state index contributed by atoms with van der Waals surface area (Å²) in [5.74, 6) is -0.154. The van der Waals surface area contributed by atoms with Crippen molar-refractivity contribution < 1.29 is 14.3 Å². The SMILES string of the molecule is CCCCNC(=O)[C@@H](C)N(Cc1c(Cl)cccc1Cl)C(=O)COc1cccc(Cl)c1. The van der Waals surface area contributed by atoms with Crippen molar-refractivity contribution in [2.24, 2.45) is 0 Å². The summed E-state index contributed by atoms with van der Waals surface area (Å²) in [6.45, 7) is 4.09. The molecule has 0 heterocycles. The summed E-state index contributed by atoms with van der Waals surface area (Å²) in [6, 6.07) is 11.1. The van der Waals surface area contributed by atoms with Gasteiger partial charge in [-0.1, -0.05) is 60.3 Å². The molecule has 0 saturated carbocycles. The van der Waals surface area contributed by atoms with Crippen molar-refractivity contribution in [1.29, 1.82) is 0 Å². The molecule has 0 spiro atoms. The topological polar surface area (TPSA) is 58.6 Å². The van der Waals surface area contributed by atoms with E-state index in [-0.39, 0.29) is 25.0 Å². The Morgan fingerprint density at radius 3 is 2.40 bits per heavy atom. The van der Waals surface area contributed by atoms with Gasteiger partial charge in [0.15, 0.2) is 6.61 Å². The van der Waals surface area contributed by atoms with E-state index in [2.05, 4.69) is 5.32 Å². The molecular formula is C22H25Cl3N2O3. The number of hydrogen-bond acceptors (Lipinski definition) is 3. The Kier molecular flexibility index (Phi) is 9.76. The second-order valence-corrected chi connectivity index (χ2v) is 8.04. The van der Waals surface area contributed by atoms with Crippen LogP contribution in [0.5, 0.6) is 5.75 Å². The average Bonchev–Trinajstić information content (AvgIpc) is 2.71. The zero-order valence-corrected chi connectivity index (χ0v) is 19.2. The van der Waals surface area contributed by atoms with Crippen LogP contribution in [0.25, 0.3) is 0 Å². The summed E-state index contributed by atoms with van der Waals surface area (Å²) in [4.78, 5) is 27.0. The number of nitrogens with one attached hydrogen (secondary N) is 1. The highest BCUT2D eigenvalue weighted by atomic mass is 35.5. The molecule has 0 aliphatic carbocycles. The molecule has 1 atom stereocenters. The Hall–Kier alpha value is -1.95. The lowest BCUT2D eigenvalue weighted by Gasteiger charge is -2.29. The van der Waals surface area contributed by atoms with Crippen LogP contribution in [0.2, 0.25) is 15.1 Å². The molecule has 1 N–H and O–H groups in total. The van der Waals surface area contributed by atoms with Gasteiger partial charge in [0.05, 0.1) is 0 Å². The summed E-state index contributed by atoms with van der Waals surface area (Å²) >= 11 is 18.5. The van der Waals surface area contributed by atoms with Gasteiger partial charge in [-0.3, -0.25) is 9.59 Å². The van der Waals surface area contributed by atoms with Gasteiger partial charge in [0.1, 0.15) is 11.8 Å². The minimum Gasteiger partial charge on any atom is -0.484 e. The summed E-state index contributed by atoms with van der Waals surface area (Å²) in [7, 11) is 0. The van der Waals surface area contributed by atoms with Crippen molar-refractivity contribution in [2.45, 2.75) is 39.3 Å². The van der Waals surface area contributed by atoms with Crippen LogP contribution in [0, 0.1) is 0 Å². The number of halogens is 3. The molecule has 0 bridgehead atoms. The molecule has 0 fully saturated rings. The van der Waals surface area contributed by atoms with E-state index in [9.17, 15) is 9.59 Å². The first kappa shape index (κ1) is 24.3. The van der Waals surface area contributed by atoms with Crippen LogP contribution in [0.15, 0.2) is 42.5 Å². The number of nitrogens with zero attached hydrogens (tertiary/aromatic N) is 1. The highest BCUT2D eigenvalue weighted by Gasteiger charge is 2.27. The molecule has 0 saturated heterocycles. The van der Waals surface area contributed by atoms with Crippen molar-refractivity contribution in [3.63, 3.8) is 0 Å². The van der Waals surface area contributed by atoms with E-state index in [1.165, 1.54) is 4.90 Å². The number of benzene rings is 2. The maximum atomic E-state index is 13.0. The van der Waals surface area contributed by atoms with Crippen LogP contribution < -0.4 is 10.1 Å². The molecule has 2 aromatic rings. The van der Waals surface area contributed by atoms with Crippen molar-refractivity contribution in [1.82, 2.24) is 10.2 Å². The van der Waals surface area contributed by atoms with Gasteiger partial charge in [0, 0.05) is 33.7 Å². The monoisotopic (exact) mass is 470 g/mol. The second-order valence-electron chi connectivity index (χ2n) is 6.79. The van der Waals surface area contributed by atoms with Crippen LogP contribution in [0.3, 0.4) is 0 Å². The number of rotatable bonds is 10. The molecule has 0 unspecified atom stereocenters. The molecule has 0 aromatic heterocycles. The lowest BCUT2D eigenvalue weighted by molar-refractivity contribution is -0.142. The van der Waals surface area contributed by atoms with Gasteiger partial charge in [0.25, 0.3) is 5.91 Å². The lowest BCUT2D eigenvalue weighted by Crippen LogP contribution is -2.49. The molecule has 8 heteroatoms. The Balaban J connectivity index is 2.18. The lowest BCUT2D eigenvalue weighted by atomic mass is 10.1. The van der Waals surface area contributed by atoms with E-state index in [1.54, 1.807) is 49.4 Å². The molecule has 162 valence electrons. The third kappa shape index (κ3) is 7.08. The molecule has 2 rings (SSSR count). The van der Waals surface area contributed by atoms with Crippen LogP contribution in [0.1, 0.15) is 32.3 Å². The van der Waals surface area contributed by atoms with Crippen molar-refractivity contribution in [3.05, 3.63) is 63.1 Å². The first-order chi connectivity index (χ1) is 14.3. The quantitative estimate of drug-likeness (QED) is 0.475.